The molecule has 1 fully saturated rings. The Balaban J connectivity index is 1.82. The topological polar surface area (TPSA) is 32.8 Å². The summed E-state index contributed by atoms with van der Waals surface area (Å²) in [7, 11) is 0. The van der Waals surface area contributed by atoms with E-state index in [1.165, 1.54) is 11.3 Å². The van der Waals surface area contributed by atoms with Gasteiger partial charge in [0.25, 0.3) is 0 Å². The Morgan fingerprint density at radius 3 is 2.37 bits per heavy atom. The number of carbonyl (C=O) groups excluding carboxylic acids is 1. The summed E-state index contributed by atoms with van der Waals surface area (Å²) in [5.41, 5.74) is 2.55. The van der Waals surface area contributed by atoms with Gasteiger partial charge in [-0.15, -0.1) is 0 Å². The van der Waals surface area contributed by atoms with Crippen molar-refractivity contribution in [1.29, 1.82) is 0 Å². The predicted molar refractivity (Wildman–Crippen MR) is 76.5 cm³/mol. The van der Waals surface area contributed by atoms with E-state index in [4.69, 9.17) is 4.74 Å². The van der Waals surface area contributed by atoms with E-state index in [9.17, 15) is 4.79 Å². The van der Waals surface area contributed by atoms with Crippen molar-refractivity contribution in [2.45, 2.75) is 13.8 Å². The zero-order valence-corrected chi connectivity index (χ0v) is 11.8. The SMILES string of the molecule is CCOC(=O)CN1CCN(c2ccc(C)cc2)CC1. The van der Waals surface area contributed by atoms with Gasteiger partial charge in [-0.1, -0.05) is 17.7 Å². The van der Waals surface area contributed by atoms with Crippen LogP contribution in [0.3, 0.4) is 0 Å². The standard InChI is InChI=1S/C15H22N2O2/c1-3-19-15(18)12-16-8-10-17(11-9-16)14-6-4-13(2)5-7-14/h4-7H,3,8-12H2,1-2H3. The molecule has 0 bridgehead atoms. The van der Waals surface area contributed by atoms with Gasteiger partial charge in [-0.2, -0.15) is 0 Å². The van der Waals surface area contributed by atoms with Gasteiger partial charge in [-0.3, -0.25) is 9.69 Å². The molecule has 1 aromatic carbocycles. The fraction of sp³-hybridized carbons (Fsp3) is 0.533. The number of hydrogen-bond donors (Lipinski definition) is 0. The van der Waals surface area contributed by atoms with Gasteiger partial charge in [0.1, 0.15) is 0 Å². The Morgan fingerprint density at radius 2 is 1.79 bits per heavy atom. The summed E-state index contributed by atoms with van der Waals surface area (Å²) >= 11 is 0. The van der Waals surface area contributed by atoms with Gasteiger partial charge in [0.15, 0.2) is 0 Å². The van der Waals surface area contributed by atoms with E-state index in [1.54, 1.807) is 0 Å². The van der Waals surface area contributed by atoms with Crippen molar-refractivity contribution in [2.75, 3.05) is 44.2 Å². The monoisotopic (exact) mass is 262 g/mol. The highest BCUT2D eigenvalue weighted by molar-refractivity contribution is 5.71. The quantitative estimate of drug-likeness (QED) is 0.773. The maximum Gasteiger partial charge on any atom is 0.320 e. The lowest BCUT2D eigenvalue weighted by Crippen LogP contribution is -2.48. The number of rotatable bonds is 4. The Kier molecular flexibility index (Phi) is 4.80. The Labute approximate surface area is 115 Å². The minimum Gasteiger partial charge on any atom is -0.465 e. The zero-order valence-electron chi connectivity index (χ0n) is 11.8. The number of piperazine rings is 1. The number of hydrogen-bond acceptors (Lipinski definition) is 4. The summed E-state index contributed by atoms with van der Waals surface area (Å²) in [4.78, 5) is 15.9. The first kappa shape index (κ1) is 13.9. The van der Waals surface area contributed by atoms with Crippen molar-refractivity contribution in [3.8, 4) is 0 Å². The Hall–Kier alpha value is -1.55. The Morgan fingerprint density at radius 1 is 1.16 bits per heavy atom. The van der Waals surface area contributed by atoms with E-state index in [0.29, 0.717) is 13.2 Å². The number of carbonyl (C=O) groups is 1. The number of benzene rings is 1. The number of ether oxygens (including phenoxy) is 1. The van der Waals surface area contributed by atoms with E-state index < -0.39 is 0 Å². The highest BCUT2D eigenvalue weighted by Crippen LogP contribution is 2.16. The van der Waals surface area contributed by atoms with Gasteiger partial charge in [-0.25, -0.2) is 0 Å². The summed E-state index contributed by atoms with van der Waals surface area (Å²) in [6.07, 6.45) is 0. The molecule has 1 heterocycles. The van der Waals surface area contributed by atoms with E-state index in [1.807, 2.05) is 6.92 Å². The lowest BCUT2D eigenvalue weighted by atomic mass is 10.2. The molecule has 19 heavy (non-hydrogen) atoms. The van der Waals surface area contributed by atoms with Crippen LogP contribution in [0.1, 0.15) is 12.5 Å². The first-order chi connectivity index (χ1) is 9.19. The number of anilines is 1. The van der Waals surface area contributed by atoms with Gasteiger partial charge in [0.2, 0.25) is 0 Å². The molecule has 0 saturated carbocycles. The van der Waals surface area contributed by atoms with Gasteiger partial charge < -0.3 is 9.64 Å². The number of esters is 1. The summed E-state index contributed by atoms with van der Waals surface area (Å²) in [6.45, 7) is 8.55. The summed E-state index contributed by atoms with van der Waals surface area (Å²) in [6, 6.07) is 8.60. The second-order valence-electron chi connectivity index (χ2n) is 4.90. The fourth-order valence-corrected chi connectivity index (χ4v) is 2.31. The molecule has 0 N–H and O–H groups in total. The maximum absolute atomic E-state index is 11.4. The first-order valence-electron chi connectivity index (χ1n) is 6.88. The zero-order chi connectivity index (χ0) is 13.7. The van der Waals surface area contributed by atoms with Crippen molar-refractivity contribution in [3.63, 3.8) is 0 Å². The van der Waals surface area contributed by atoms with E-state index >= 15 is 0 Å². The molecule has 1 aliphatic heterocycles. The summed E-state index contributed by atoms with van der Waals surface area (Å²) < 4.78 is 4.98. The van der Waals surface area contributed by atoms with E-state index in [2.05, 4.69) is 41.0 Å². The first-order valence-corrected chi connectivity index (χ1v) is 6.88. The van der Waals surface area contributed by atoms with Gasteiger partial charge in [0, 0.05) is 31.9 Å². The average molecular weight is 262 g/mol. The predicted octanol–water partition coefficient (Wildman–Crippen LogP) is 1.68. The molecular weight excluding hydrogens is 240 g/mol. The van der Waals surface area contributed by atoms with Gasteiger partial charge in [-0.05, 0) is 26.0 Å². The molecule has 0 spiro atoms. The molecule has 0 aromatic heterocycles. The van der Waals surface area contributed by atoms with Crippen LogP contribution in [-0.2, 0) is 9.53 Å². The molecule has 0 aliphatic carbocycles. The number of nitrogens with zero attached hydrogens (tertiary/aromatic N) is 2. The van der Waals surface area contributed by atoms with Gasteiger partial charge >= 0.3 is 5.97 Å². The lowest BCUT2D eigenvalue weighted by Gasteiger charge is -2.35. The smallest absolute Gasteiger partial charge is 0.320 e. The molecule has 1 aliphatic rings. The van der Waals surface area contributed by atoms with E-state index in [-0.39, 0.29) is 5.97 Å². The molecule has 1 saturated heterocycles. The van der Waals surface area contributed by atoms with Crippen LogP contribution in [0.2, 0.25) is 0 Å². The summed E-state index contributed by atoms with van der Waals surface area (Å²) in [5.74, 6) is -0.119. The molecular formula is C15H22N2O2. The van der Waals surface area contributed by atoms with Crippen LogP contribution in [0.4, 0.5) is 5.69 Å². The van der Waals surface area contributed by atoms with Crippen molar-refractivity contribution in [3.05, 3.63) is 29.8 Å². The fourth-order valence-electron chi connectivity index (χ4n) is 2.31. The Bertz CT molecular complexity index is 409. The molecule has 4 nitrogen and oxygen atoms in total. The molecule has 1 aromatic rings. The highest BCUT2D eigenvalue weighted by atomic mass is 16.5. The van der Waals surface area contributed by atoms with Crippen molar-refractivity contribution in [1.82, 2.24) is 4.90 Å². The molecule has 0 amide bonds. The van der Waals surface area contributed by atoms with Gasteiger partial charge in [0.05, 0.1) is 13.2 Å². The van der Waals surface area contributed by atoms with Crippen LogP contribution in [-0.4, -0.2) is 50.2 Å². The van der Waals surface area contributed by atoms with Crippen molar-refractivity contribution < 1.29 is 9.53 Å². The van der Waals surface area contributed by atoms with E-state index in [0.717, 1.165) is 26.2 Å². The molecule has 104 valence electrons. The molecule has 0 atom stereocenters. The number of aryl methyl sites for hydroxylation is 1. The van der Waals surface area contributed by atoms with Crippen LogP contribution in [0.25, 0.3) is 0 Å². The third-order valence-electron chi connectivity index (χ3n) is 3.43. The second kappa shape index (κ2) is 6.57. The third-order valence-corrected chi connectivity index (χ3v) is 3.43. The maximum atomic E-state index is 11.4. The van der Waals surface area contributed by atoms with Crippen LogP contribution in [0, 0.1) is 6.92 Å². The van der Waals surface area contributed by atoms with Crippen LogP contribution in [0.15, 0.2) is 24.3 Å². The largest absolute Gasteiger partial charge is 0.465 e. The second-order valence-corrected chi connectivity index (χ2v) is 4.90. The molecule has 4 heteroatoms. The molecule has 2 rings (SSSR count). The molecule has 0 radical (unpaired) electrons. The lowest BCUT2D eigenvalue weighted by molar-refractivity contribution is -0.144. The average Bonchev–Trinajstić information content (AvgIpc) is 2.41. The van der Waals surface area contributed by atoms with Crippen LogP contribution >= 0.6 is 0 Å². The third kappa shape index (κ3) is 3.96. The molecule has 0 unspecified atom stereocenters. The van der Waals surface area contributed by atoms with Crippen LogP contribution in [0.5, 0.6) is 0 Å². The normalized spacial score (nSPS) is 16.4. The highest BCUT2D eigenvalue weighted by Gasteiger charge is 2.19. The van der Waals surface area contributed by atoms with Crippen molar-refractivity contribution >= 4 is 11.7 Å². The van der Waals surface area contributed by atoms with Crippen LogP contribution < -0.4 is 4.90 Å². The minimum atomic E-state index is -0.119. The minimum absolute atomic E-state index is 0.119. The summed E-state index contributed by atoms with van der Waals surface area (Å²) in [5, 5.41) is 0. The van der Waals surface area contributed by atoms with Crippen molar-refractivity contribution in [2.24, 2.45) is 0 Å².